The van der Waals surface area contributed by atoms with Crippen LogP contribution in [-0.4, -0.2) is 23.4 Å². The van der Waals surface area contributed by atoms with Gasteiger partial charge in [0.1, 0.15) is 0 Å². The lowest BCUT2D eigenvalue weighted by Gasteiger charge is -2.24. The van der Waals surface area contributed by atoms with Crippen LogP contribution in [0.25, 0.3) is 0 Å². The summed E-state index contributed by atoms with van der Waals surface area (Å²) in [5.74, 6) is 0.869. The molecule has 1 aromatic carbocycles. The third kappa shape index (κ3) is 3.59. The van der Waals surface area contributed by atoms with E-state index in [1.165, 1.54) is 18.4 Å². The first-order chi connectivity index (χ1) is 8.99. The maximum absolute atomic E-state index is 12.7. The van der Waals surface area contributed by atoms with Gasteiger partial charge in [0.15, 0.2) is 0 Å². The summed E-state index contributed by atoms with van der Waals surface area (Å²) in [6.07, 6.45) is 3.44. The molecule has 1 aromatic rings. The van der Waals surface area contributed by atoms with Gasteiger partial charge in [0.2, 0.25) is 0 Å². The van der Waals surface area contributed by atoms with E-state index in [9.17, 15) is 4.79 Å². The Morgan fingerprint density at radius 1 is 1.32 bits per heavy atom. The Hall–Kier alpha value is -1.31. The Balaban J connectivity index is 2.14. The molecule has 0 saturated heterocycles. The Kier molecular flexibility index (Phi) is 4.28. The molecule has 104 valence electrons. The van der Waals surface area contributed by atoms with Crippen molar-refractivity contribution in [1.82, 2.24) is 4.90 Å². The highest BCUT2D eigenvalue weighted by atomic mass is 16.2. The number of carbonyl (C=O) groups excluding carboxylic acids is 1. The van der Waals surface area contributed by atoms with Crippen LogP contribution in [0, 0.1) is 19.8 Å². The quantitative estimate of drug-likeness (QED) is 0.784. The number of amides is 1. The van der Waals surface area contributed by atoms with Crippen molar-refractivity contribution in [2.24, 2.45) is 5.92 Å². The number of benzene rings is 1. The highest BCUT2D eigenvalue weighted by Gasteiger charge is 2.33. The monoisotopic (exact) mass is 259 g/mol. The van der Waals surface area contributed by atoms with Gasteiger partial charge in [-0.3, -0.25) is 4.79 Å². The second-order valence-electron chi connectivity index (χ2n) is 6.23. The summed E-state index contributed by atoms with van der Waals surface area (Å²) in [5, 5.41) is 0. The zero-order valence-electron chi connectivity index (χ0n) is 12.6. The summed E-state index contributed by atoms with van der Waals surface area (Å²) in [4.78, 5) is 14.8. The normalized spacial score (nSPS) is 14.8. The maximum Gasteiger partial charge on any atom is 0.254 e. The molecule has 0 aromatic heterocycles. The minimum atomic E-state index is 0.223. The van der Waals surface area contributed by atoms with Crippen molar-refractivity contribution in [2.75, 3.05) is 6.54 Å². The van der Waals surface area contributed by atoms with Crippen LogP contribution in [0.15, 0.2) is 18.2 Å². The minimum absolute atomic E-state index is 0.223. The van der Waals surface area contributed by atoms with Gasteiger partial charge in [-0.25, -0.2) is 0 Å². The average Bonchev–Trinajstić information content (AvgIpc) is 3.13. The number of carbonyl (C=O) groups is 1. The van der Waals surface area contributed by atoms with Crippen molar-refractivity contribution in [3.05, 3.63) is 34.9 Å². The average molecular weight is 259 g/mol. The van der Waals surface area contributed by atoms with Gasteiger partial charge in [0.05, 0.1) is 0 Å². The van der Waals surface area contributed by atoms with Crippen molar-refractivity contribution >= 4 is 5.91 Å². The molecule has 1 amide bonds. The van der Waals surface area contributed by atoms with Crippen LogP contribution in [-0.2, 0) is 0 Å². The fourth-order valence-corrected chi connectivity index (χ4v) is 2.44. The van der Waals surface area contributed by atoms with Gasteiger partial charge in [-0.15, -0.1) is 0 Å². The summed E-state index contributed by atoms with van der Waals surface area (Å²) in [5.41, 5.74) is 3.19. The van der Waals surface area contributed by atoms with E-state index in [0.717, 1.165) is 24.1 Å². The number of nitrogens with zero attached hydrogens (tertiary/aromatic N) is 1. The first kappa shape index (κ1) is 14.1. The lowest BCUT2D eigenvalue weighted by atomic mass is 10.0. The molecular weight excluding hydrogens is 234 g/mol. The van der Waals surface area contributed by atoms with Gasteiger partial charge < -0.3 is 4.90 Å². The van der Waals surface area contributed by atoms with Crippen LogP contribution in [0.2, 0.25) is 0 Å². The molecule has 2 rings (SSSR count). The van der Waals surface area contributed by atoms with E-state index in [1.54, 1.807) is 0 Å². The van der Waals surface area contributed by atoms with Crippen molar-refractivity contribution in [3.8, 4) is 0 Å². The molecule has 19 heavy (non-hydrogen) atoms. The number of hydrogen-bond donors (Lipinski definition) is 0. The van der Waals surface area contributed by atoms with Crippen LogP contribution >= 0.6 is 0 Å². The van der Waals surface area contributed by atoms with Crippen LogP contribution in [0.4, 0.5) is 0 Å². The summed E-state index contributed by atoms with van der Waals surface area (Å²) < 4.78 is 0. The SMILES string of the molecule is Cc1ccc(C(=O)N(CCC(C)C)C2CC2)c(C)c1. The van der Waals surface area contributed by atoms with Crippen LogP contribution in [0.1, 0.15) is 54.6 Å². The molecule has 0 atom stereocenters. The second kappa shape index (κ2) is 5.77. The van der Waals surface area contributed by atoms with E-state index in [2.05, 4.69) is 31.7 Å². The molecule has 1 fully saturated rings. The van der Waals surface area contributed by atoms with Gasteiger partial charge in [-0.2, -0.15) is 0 Å². The predicted octanol–water partition coefficient (Wildman–Crippen LogP) is 3.95. The molecule has 0 unspecified atom stereocenters. The third-order valence-electron chi connectivity index (χ3n) is 3.81. The van der Waals surface area contributed by atoms with Gasteiger partial charge in [0, 0.05) is 18.2 Å². The largest absolute Gasteiger partial charge is 0.336 e. The van der Waals surface area contributed by atoms with E-state index in [0.29, 0.717) is 12.0 Å². The zero-order chi connectivity index (χ0) is 14.0. The van der Waals surface area contributed by atoms with Crippen molar-refractivity contribution in [2.45, 2.75) is 53.0 Å². The van der Waals surface area contributed by atoms with Gasteiger partial charge in [0.25, 0.3) is 5.91 Å². The van der Waals surface area contributed by atoms with Crippen molar-refractivity contribution < 1.29 is 4.79 Å². The van der Waals surface area contributed by atoms with Gasteiger partial charge in [-0.1, -0.05) is 31.5 Å². The Morgan fingerprint density at radius 3 is 2.53 bits per heavy atom. The molecule has 0 heterocycles. The van der Waals surface area contributed by atoms with Crippen molar-refractivity contribution in [3.63, 3.8) is 0 Å². The van der Waals surface area contributed by atoms with E-state index in [1.807, 2.05) is 19.1 Å². The van der Waals surface area contributed by atoms with Crippen LogP contribution in [0.5, 0.6) is 0 Å². The number of aryl methyl sites for hydroxylation is 2. The lowest BCUT2D eigenvalue weighted by molar-refractivity contribution is 0.0734. The van der Waals surface area contributed by atoms with E-state index >= 15 is 0 Å². The smallest absolute Gasteiger partial charge is 0.254 e. The second-order valence-corrected chi connectivity index (χ2v) is 6.23. The molecule has 0 bridgehead atoms. The van der Waals surface area contributed by atoms with E-state index in [-0.39, 0.29) is 5.91 Å². The molecule has 2 nitrogen and oxygen atoms in total. The van der Waals surface area contributed by atoms with E-state index in [4.69, 9.17) is 0 Å². The molecule has 2 heteroatoms. The molecular formula is C17H25NO. The highest BCUT2D eigenvalue weighted by molar-refractivity contribution is 5.96. The van der Waals surface area contributed by atoms with Crippen LogP contribution in [0.3, 0.4) is 0 Å². The molecule has 0 spiro atoms. The highest BCUT2D eigenvalue weighted by Crippen LogP contribution is 2.29. The summed E-state index contributed by atoms with van der Waals surface area (Å²) in [6.45, 7) is 9.43. The first-order valence-corrected chi connectivity index (χ1v) is 7.37. The molecule has 1 aliphatic carbocycles. The lowest BCUT2D eigenvalue weighted by Crippen LogP contribution is -2.35. The fraction of sp³-hybridized carbons (Fsp3) is 0.588. The summed E-state index contributed by atoms with van der Waals surface area (Å²) >= 11 is 0. The minimum Gasteiger partial charge on any atom is -0.336 e. The topological polar surface area (TPSA) is 20.3 Å². The third-order valence-corrected chi connectivity index (χ3v) is 3.81. The summed E-state index contributed by atoms with van der Waals surface area (Å²) in [6, 6.07) is 6.61. The molecule has 0 N–H and O–H groups in total. The van der Waals surface area contributed by atoms with Crippen molar-refractivity contribution in [1.29, 1.82) is 0 Å². The van der Waals surface area contributed by atoms with Gasteiger partial charge >= 0.3 is 0 Å². The molecule has 0 aliphatic heterocycles. The Labute approximate surface area is 116 Å². The Morgan fingerprint density at radius 2 is 2.00 bits per heavy atom. The standard InChI is InChI=1S/C17H25NO/c1-12(2)9-10-18(15-6-7-15)17(19)16-8-5-13(3)11-14(16)4/h5,8,11-12,15H,6-7,9-10H2,1-4H3. The predicted molar refractivity (Wildman–Crippen MR) is 79.4 cm³/mol. The number of rotatable bonds is 5. The summed E-state index contributed by atoms with van der Waals surface area (Å²) in [7, 11) is 0. The molecule has 1 saturated carbocycles. The first-order valence-electron chi connectivity index (χ1n) is 7.37. The molecule has 1 aliphatic rings. The Bertz CT molecular complexity index is 460. The fourth-order valence-electron chi connectivity index (χ4n) is 2.44. The van der Waals surface area contributed by atoms with Crippen LogP contribution < -0.4 is 0 Å². The van der Waals surface area contributed by atoms with Gasteiger partial charge in [-0.05, 0) is 50.7 Å². The van der Waals surface area contributed by atoms with E-state index < -0.39 is 0 Å². The molecule has 0 radical (unpaired) electrons. The zero-order valence-corrected chi connectivity index (χ0v) is 12.6. The maximum atomic E-state index is 12.7. The number of hydrogen-bond acceptors (Lipinski definition) is 1.